The second kappa shape index (κ2) is 6.25. The smallest absolute Gasteiger partial charge is 0.308 e. The number of anilines is 1. The van der Waals surface area contributed by atoms with Gasteiger partial charge in [0.1, 0.15) is 6.61 Å². The van der Waals surface area contributed by atoms with Gasteiger partial charge in [0.2, 0.25) is 6.10 Å². The topological polar surface area (TPSA) is 69.6 Å². The first-order chi connectivity index (χ1) is 12.2. The zero-order chi connectivity index (χ0) is 17.4. The number of fused-ring (bicyclic) bond motifs is 2. The number of rotatable bonds is 3. The quantitative estimate of drug-likeness (QED) is 0.783. The number of aromatic nitrogens is 1. The molecule has 1 amide bonds. The van der Waals surface area contributed by atoms with E-state index >= 15 is 0 Å². The summed E-state index contributed by atoms with van der Waals surface area (Å²) >= 11 is 1.17. The van der Waals surface area contributed by atoms with E-state index in [-0.39, 0.29) is 17.4 Å². The molecular weight excluding hydrogens is 340 g/mol. The van der Waals surface area contributed by atoms with Gasteiger partial charge in [0.05, 0.1) is 10.2 Å². The van der Waals surface area contributed by atoms with Crippen LogP contribution in [-0.2, 0) is 11.3 Å². The highest BCUT2D eigenvalue weighted by Gasteiger charge is 2.27. The number of aryl methyl sites for hydroxylation is 1. The highest BCUT2D eigenvalue weighted by Crippen LogP contribution is 2.31. The average molecular weight is 356 g/mol. The molecule has 0 radical (unpaired) electrons. The summed E-state index contributed by atoms with van der Waals surface area (Å²) in [5.74, 6) is 0.914. The molecule has 0 saturated heterocycles. The van der Waals surface area contributed by atoms with Crippen LogP contribution >= 0.6 is 11.3 Å². The van der Waals surface area contributed by atoms with Gasteiger partial charge >= 0.3 is 4.87 Å². The fraction of sp³-hybridized carbons (Fsp3) is 0.222. The summed E-state index contributed by atoms with van der Waals surface area (Å²) < 4.78 is 13.8. The molecule has 0 fully saturated rings. The van der Waals surface area contributed by atoms with Gasteiger partial charge < -0.3 is 14.8 Å². The van der Waals surface area contributed by atoms with Crippen LogP contribution in [0.15, 0.2) is 47.3 Å². The molecule has 1 aliphatic heterocycles. The Balaban J connectivity index is 1.53. The summed E-state index contributed by atoms with van der Waals surface area (Å²) in [5, 5.41) is 2.83. The molecule has 1 aromatic heterocycles. The van der Waals surface area contributed by atoms with Crippen LogP contribution in [0.2, 0.25) is 0 Å². The predicted octanol–water partition coefficient (Wildman–Crippen LogP) is 2.86. The molecule has 0 bridgehead atoms. The van der Waals surface area contributed by atoms with Crippen molar-refractivity contribution in [1.29, 1.82) is 0 Å². The molecule has 4 rings (SSSR count). The second-order valence-corrected chi connectivity index (χ2v) is 6.64. The van der Waals surface area contributed by atoms with E-state index in [1.807, 2.05) is 31.2 Å². The zero-order valence-electron chi connectivity index (χ0n) is 13.5. The third kappa shape index (κ3) is 2.87. The molecule has 0 aliphatic carbocycles. The number of ether oxygens (including phenoxy) is 2. The molecule has 6 nitrogen and oxygen atoms in total. The van der Waals surface area contributed by atoms with Crippen molar-refractivity contribution in [3.8, 4) is 11.5 Å². The van der Waals surface area contributed by atoms with Gasteiger partial charge in [0.25, 0.3) is 5.91 Å². The maximum absolute atomic E-state index is 12.5. The largest absolute Gasteiger partial charge is 0.485 e. The normalized spacial score (nSPS) is 16.0. The number of hydrogen-bond acceptors (Lipinski definition) is 5. The first-order valence-corrected chi connectivity index (χ1v) is 8.80. The third-order valence-electron chi connectivity index (χ3n) is 4.05. The van der Waals surface area contributed by atoms with Crippen LogP contribution in [0.25, 0.3) is 10.2 Å². The number of para-hydroxylation sites is 2. The molecule has 2 aromatic carbocycles. The fourth-order valence-electron chi connectivity index (χ4n) is 2.82. The summed E-state index contributed by atoms with van der Waals surface area (Å²) in [6.45, 7) is 2.71. The molecule has 1 atom stereocenters. The van der Waals surface area contributed by atoms with E-state index in [9.17, 15) is 9.59 Å². The number of benzene rings is 2. The molecule has 7 heteroatoms. The highest BCUT2D eigenvalue weighted by molar-refractivity contribution is 7.16. The van der Waals surface area contributed by atoms with Gasteiger partial charge in [0, 0.05) is 12.2 Å². The van der Waals surface area contributed by atoms with Crippen molar-refractivity contribution in [2.75, 3.05) is 11.9 Å². The van der Waals surface area contributed by atoms with Crippen LogP contribution in [0, 0.1) is 0 Å². The molecule has 1 N–H and O–H groups in total. The Kier molecular flexibility index (Phi) is 3.93. The van der Waals surface area contributed by atoms with Crippen molar-refractivity contribution in [3.63, 3.8) is 0 Å². The molecule has 128 valence electrons. The van der Waals surface area contributed by atoms with Crippen molar-refractivity contribution in [3.05, 3.63) is 52.1 Å². The van der Waals surface area contributed by atoms with Crippen molar-refractivity contribution in [1.82, 2.24) is 4.57 Å². The van der Waals surface area contributed by atoms with Gasteiger partial charge in [-0.25, -0.2) is 0 Å². The monoisotopic (exact) mass is 356 g/mol. The molecule has 2 heterocycles. The summed E-state index contributed by atoms with van der Waals surface area (Å²) in [6.07, 6.45) is -0.718. The van der Waals surface area contributed by atoms with Crippen LogP contribution in [0.3, 0.4) is 0 Å². The zero-order valence-corrected chi connectivity index (χ0v) is 14.3. The van der Waals surface area contributed by atoms with E-state index in [4.69, 9.17) is 9.47 Å². The predicted molar refractivity (Wildman–Crippen MR) is 96.7 cm³/mol. The van der Waals surface area contributed by atoms with Crippen molar-refractivity contribution in [2.24, 2.45) is 0 Å². The molecule has 0 spiro atoms. The number of nitrogens with zero attached hydrogens (tertiary/aromatic N) is 1. The Morgan fingerprint density at radius 3 is 2.88 bits per heavy atom. The highest BCUT2D eigenvalue weighted by atomic mass is 32.1. The van der Waals surface area contributed by atoms with E-state index in [2.05, 4.69) is 5.32 Å². The number of carbonyl (C=O) groups excluding carboxylic acids is 1. The lowest BCUT2D eigenvalue weighted by Crippen LogP contribution is -2.40. The molecule has 0 saturated carbocycles. The maximum atomic E-state index is 12.5. The van der Waals surface area contributed by atoms with Gasteiger partial charge in [-0.1, -0.05) is 23.5 Å². The van der Waals surface area contributed by atoms with Crippen molar-refractivity contribution in [2.45, 2.75) is 19.6 Å². The Hall–Kier alpha value is -2.80. The maximum Gasteiger partial charge on any atom is 0.308 e. The van der Waals surface area contributed by atoms with E-state index in [1.54, 1.807) is 22.8 Å². The number of amides is 1. The van der Waals surface area contributed by atoms with Crippen LogP contribution in [0.1, 0.15) is 6.92 Å². The number of carbonyl (C=O) groups is 1. The van der Waals surface area contributed by atoms with E-state index < -0.39 is 6.10 Å². The Morgan fingerprint density at radius 2 is 2.08 bits per heavy atom. The van der Waals surface area contributed by atoms with E-state index in [0.717, 1.165) is 10.2 Å². The first kappa shape index (κ1) is 15.7. The minimum Gasteiger partial charge on any atom is -0.485 e. The lowest BCUT2D eigenvalue weighted by Gasteiger charge is -2.25. The Labute approximate surface area is 147 Å². The first-order valence-electron chi connectivity index (χ1n) is 7.98. The third-order valence-corrected chi connectivity index (χ3v) is 4.99. The number of hydrogen-bond donors (Lipinski definition) is 1. The summed E-state index contributed by atoms with van der Waals surface area (Å²) in [6, 6.07) is 12.7. The lowest BCUT2D eigenvalue weighted by atomic mass is 10.2. The van der Waals surface area contributed by atoms with Gasteiger partial charge in [-0.15, -0.1) is 0 Å². The minimum atomic E-state index is -0.718. The van der Waals surface area contributed by atoms with Gasteiger partial charge in [0.15, 0.2) is 11.5 Å². The van der Waals surface area contributed by atoms with Crippen molar-refractivity contribution < 1.29 is 14.3 Å². The average Bonchev–Trinajstić information content (AvgIpc) is 2.95. The van der Waals surface area contributed by atoms with Crippen LogP contribution in [-0.4, -0.2) is 23.2 Å². The van der Waals surface area contributed by atoms with Gasteiger partial charge in [-0.05, 0) is 37.3 Å². The summed E-state index contributed by atoms with van der Waals surface area (Å²) in [7, 11) is 0. The standard InChI is InChI=1S/C18H16N2O4S/c1-2-20-12-8-7-11(9-16(12)25-18(20)22)19-17(21)15-10-23-13-5-3-4-6-14(13)24-15/h3-9,15H,2,10H2,1H3,(H,19,21)/t15-/m0/s1. The van der Waals surface area contributed by atoms with E-state index in [1.165, 1.54) is 11.3 Å². The van der Waals surface area contributed by atoms with Crippen molar-refractivity contribution >= 4 is 33.1 Å². The Morgan fingerprint density at radius 1 is 1.28 bits per heavy atom. The van der Waals surface area contributed by atoms with Crippen LogP contribution in [0.5, 0.6) is 11.5 Å². The molecule has 3 aromatic rings. The van der Waals surface area contributed by atoms with Crippen LogP contribution in [0.4, 0.5) is 5.69 Å². The fourth-order valence-corrected chi connectivity index (χ4v) is 3.81. The van der Waals surface area contributed by atoms with Gasteiger partial charge in [-0.3, -0.25) is 14.2 Å². The Bertz CT molecular complexity index is 1010. The molecule has 25 heavy (non-hydrogen) atoms. The minimum absolute atomic E-state index is 0.00148. The SMILES string of the molecule is CCn1c(=O)sc2cc(NC(=O)[C@@H]3COc4ccccc4O3)ccc21. The molecule has 1 aliphatic rings. The number of nitrogens with one attached hydrogen (secondary N) is 1. The van der Waals surface area contributed by atoms with Crippen LogP contribution < -0.4 is 19.7 Å². The molecule has 0 unspecified atom stereocenters. The van der Waals surface area contributed by atoms with E-state index in [0.29, 0.717) is 23.7 Å². The summed E-state index contributed by atoms with van der Waals surface area (Å²) in [4.78, 5) is 24.4. The lowest BCUT2D eigenvalue weighted by molar-refractivity contribution is -0.125. The number of thiazole rings is 1. The second-order valence-electron chi connectivity index (χ2n) is 5.65. The summed E-state index contributed by atoms with van der Waals surface area (Å²) in [5.41, 5.74) is 1.51. The van der Waals surface area contributed by atoms with Gasteiger partial charge in [-0.2, -0.15) is 0 Å². The molecular formula is C18H16N2O4S.